The van der Waals surface area contributed by atoms with Crippen LogP contribution >= 0.6 is 0 Å². The Hall–Kier alpha value is -1.16. The van der Waals surface area contributed by atoms with Crippen LogP contribution in [0.3, 0.4) is 0 Å². The van der Waals surface area contributed by atoms with Gasteiger partial charge >= 0.3 is 0 Å². The van der Waals surface area contributed by atoms with Gasteiger partial charge in [-0.05, 0) is 19.9 Å². The van der Waals surface area contributed by atoms with Crippen molar-refractivity contribution in [3.63, 3.8) is 0 Å². The summed E-state index contributed by atoms with van der Waals surface area (Å²) in [5.74, 6) is 1.00. The fourth-order valence-corrected chi connectivity index (χ4v) is 2.63. The Kier molecular flexibility index (Phi) is 4.93. The Morgan fingerprint density at radius 2 is 1.89 bits per heavy atom. The molecule has 0 atom stereocenters. The molecule has 0 radical (unpaired) electrons. The predicted octanol–water partition coefficient (Wildman–Crippen LogP) is 2.36. The molecule has 1 aromatic rings. The van der Waals surface area contributed by atoms with Crippen molar-refractivity contribution in [2.24, 2.45) is 0 Å². The zero-order valence-electron chi connectivity index (χ0n) is 11.5. The van der Waals surface area contributed by atoms with Gasteiger partial charge in [-0.3, -0.25) is 4.98 Å². The van der Waals surface area contributed by atoms with E-state index in [-0.39, 0.29) is 0 Å². The van der Waals surface area contributed by atoms with Crippen LogP contribution in [0.25, 0.3) is 0 Å². The van der Waals surface area contributed by atoms with Gasteiger partial charge in [0.05, 0.1) is 18.1 Å². The summed E-state index contributed by atoms with van der Waals surface area (Å²) in [6.07, 6.45) is 11.8. The summed E-state index contributed by atoms with van der Waals surface area (Å²) in [7, 11) is 4.07. The van der Waals surface area contributed by atoms with E-state index in [1.54, 1.807) is 0 Å². The van der Waals surface area contributed by atoms with Crippen molar-refractivity contribution in [3.05, 3.63) is 18.1 Å². The van der Waals surface area contributed by atoms with Gasteiger partial charge in [0.15, 0.2) is 0 Å². The van der Waals surface area contributed by atoms with Crippen molar-refractivity contribution in [2.75, 3.05) is 19.0 Å². The summed E-state index contributed by atoms with van der Waals surface area (Å²) in [4.78, 5) is 11.3. The third-order valence-electron chi connectivity index (χ3n) is 3.78. The molecule has 0 aliphatic heterocycles. The molecule has 0 saturated heterocycles. The maximum Gasteiger partial charge on any atom is 0.147 e. The Labute approximate surface area is 110 Å². The summed E-state index contributed by atoms with van der Waals surface area (Å²) in [5, 5.41) is 3.09. The van der Waals surface area contributed by atoms with Crippen LogP contribution < -0.4 is 10.2 Å². The van der Waals surface area contributed by atoms with Crippen LogP contribution in [0.15, 0.2) is 12.4 Å². The third-order valence-corrected chi connectivity index (χ3v) is 3.78. The molecule has 100 valence electrons. The van der Waals surface area contributed by atoms with Crippen molar-refractivity contribution in [2.45, 2.75) is 51.1 Å². The fraction of sp³-hybridized carbons (Fsp3) is 0.714. The van der Waals surface area contributed by atoms with E-state index in [1.165, 1.54) is 38.5 Å². The van der Waals surface area contributed by atoms with Crippen LogP contribution in [-0.2, 0) is 6.54 Å². The van der Waals surface area contributed by atoms with Crippen molar-refractivity contribution in [1.82, 2.24) is 15.3 Å². The van der Waals surface area contributed by atoms with E-state index in [4.69, 9.17) is 0 Å². The van der Waals surface area contributed by atoms with Gasteiger partial charge in [-0.2, -0.15) is 0 Å². The van der Waals surface area contributed by atoms with Crippen molar-refractivity contribution in [1.29, 1.82) is 0 Å². The molecule has 0 bridgehead atoms. The number of hydrogen-bond acceptors (Lipinski definition) is 4. The molecule has 1 aromatic heterocycles. The van der Waals surface area contributed by atoms with Gasteiger partial charge in [-0.15, -0.1) is 0 Å². The average Bonchev–Trinajstić information content (AvgIpc) is 2.68. The molecule has 4 nitrogen and oxygen atoms in total. The lowest BCUT2D eigenvalue weighted by atomic mass is 10.1. The van der Waals surface area contributed by atoms with Gasteiger partial charge in [0, 0.05) is 19.6 Å². The summed E-state index contributed by atoms with van der Waals surface area (Å²) in [5.41, 5.74) is 0.996. The van der Waals surface area contributed by atoms with Crippen molar-refractivity contribution in [3.8, 4) is 0 Å². The summed E-state index contributed by atoms with van der Waals surface area (Å²) < 4.78 is 0. The lowest BCUT2D eigenvalue weighted by Gasteiger charge is -2.27. The highest BCUT2D eigenvalue weighted by Gasteiger charge is 2.18. The number of hydrogen-bond donors (Lipinski definition) is 1. The van der Waals surface area contributed by atoms with Gasteiger partial charge in [0.25, 0.3) is 0 Å². The number of nitrogens with zero attached hydrogens (tertiary/aromatic N) is 3. The van der Waals surface area contributed by atoms with E-state index in [0.717, 1.165) is 18.1 Å². The van der Waals surface area contributed by atoms with Crippen LogP contribution in [0.4, 0.5) is 5.82 Å². The molecular formula is C14H24N4. The Bertz CT molecular complexity index is 341. The Balaban J connectivity index is 2.00. The number of nitrogens with one attached hydrogen (secondary N) is 1. The average molecular weight is 248 g/mol. The lowest BCUT2D eigenvalue weighted by molar-refractivity contribution is 0.548. The lowest BCUT2D eigenvalue weighted by Crippen LogP contribution is -2.31. The maximum atomic E-state index is 4.53. The zero-order chi connectivity index (χ0) is 12.8. The number of rotatable bonds is 4. The number of aromatic nitrogens is 2. The minimum Gasteiger partial charge on any atom is -0.355 e. The molecule has 0 amide bonds. The molecule has 1 N–H and O–H groups in total. The normalized spacial score (nSPS) is 17.4. The highest BCUT2D eigenvalue weighted by molar-refractivity contribution is 5.36. The van der Waals surface area contributed by atoms with Crippen LogP contribution in [0, 0.1) is 0 Å². The maximum absolute atomic E-state index is 4.53. The van der Waals surface area contributed by atoms with Crippen LogP contribution in [0.1, 0.15) is 44.2 Å². The van der Waals surface area contributed by atoms with E-state index >= 15 is 0 Å². The smallest absolute Gasteiger partial charge is 0.147 e. The summed E-state index contributed by atoms with van der Waals surface area (Å²) in [6.45, 7) is 0.778. The second-order valence-corrected chi connectivity index (χ2v) is 5.15. The van der Waals surface area contributed by atoms with Crippen LogP contribution in [0.5, 0.6) is 0 Å². The topological polar surface area (TPSA) is 41.1 Å². The quantitative estimate of drug-likeness (QED) is 0.831. The van der Waals surface area contributed by atoms with Gasteiger partial charge in [0.2, 0.25) is 0 Å². The molecule has 1 aliphatic carbocycles. The Morgan fingerprint density at radius 1 is 1.17 bits per heavy atom. The molecular weight excluding hydrogens is 224 g/mol. The molecule has 1 saturated carbocycles. The second-order valence-electron chi connectivity index (χ2n) is 5.15. The molecule has 2 rings (SSSR count). The van der Waals surface area contributed by atoms with Gasteiger partial charge < -0.3 is 10.2 Å². The molecule has 1 aliphatic rings. The van der Waals surface area contributed by atoms with Gasteiger partial charge in [-0.1, -0.05) is 25.7 Å². The van der Waals surface area contributed by atoms with Crippen molar-refractivity contribution < 1.29 is 0 Å². The van der Waals surface area contributed by atoms with Gasteiger partial charge in [-0.25, -0.2) is 4.98 Å². The minimum absolute atomic E-state index is 0.636. The van der Waals surface area contributed by atoms with Crippen molar-refractivity contribution >= 4 is 5.82 Å². The minimum atomic E-state index is 0.636. The molecule has 0 aromatic carbocycles. The molecule has 1 fully saturated rings. The largest absolute Gasteiger partial charge is 0.355 e. The first-order valence-electron chi connectivity index (χ1n) is 6.99. The second kappa shape index (κ2) is 6.69. The van der Waals surface area contributed by atoms with Gasteiger partial charge in [0.1, 0.15) is 5.82 Å². The highest BCUT2D eigenvalue weighted by Crippen LogP contribution is 2.23. The zero-order valence-corrected chi connectivity index (χ0v) is 11.5. The molecule has 0 spiro atoms. The molecule has 0 unspecified atom stereocenters. The van der Waals surface area contributed by atoms with E-state index in [1.807, 2.05) is 19.4 Å². The SMILES string of the molecule is CNCc1cnc(N(C)C2CCCCCC2)cn1. The standard InChI is InChI=1S/C14H24N4/c1-15-9-12-10-17-14(11-16-12)18(2)13-7-5-3-4-6-8-13/h10-11,13,15H,3-9H2,1-2H3. The van der Waals surface area contributed by atoms with E-state index in [2.05, 4.69) is 27.2 Å². The summed E-state index contributed by atoms with van der Waals surface area (Å²) >= 11 is 0. The first-order valence-corrected chi connectivity index (χ1v) is 6.99. The molecule has 18 heavy (non-hydrogen) atoms. The predicted molar refractivity (Wildman–Crippen MR) is 74.7 cm³/mol. The molecule has 4 heteroatoms. The number of anilines is 1. The van der Waals surface area contributed by atoms with E-state index in [9.17, 15) is 0 Å². The third kappa shape index (κ3) is 3.42. The fourth-order valence-electron chi connectivity index (χ4n) is 2.63. The first-order chi connectivity index (χ1) is 8.81. The van der Waals surface area contributed by atoms with E-state index in [0.29, 0.717) is 6.04 Å². The first kappa shape index (κ1) is 13.3. The van der Waals surface area contributed by atoms with Crippen LogP contribution in [0.2, 0.25) is 0 Å². The monoisotopic (exact) mass is 248 g/mol. The van der Waals surface area contributed by atoms with E-state index < -0.39 is 0 Å². The Morgan fingerprint density at radius 3 is 2.44 bits per heavy atom. The van der Waals surface area contributed by atoms with Crippen LogP contribution in [-0.4, -0.2) is 30.1 Å². The highest BCUT2D eigenvalue weighted by atomic mass is 15.2. The molecule has 1 heterocycles. The summed E-state index contributed by atoms with van der Waals surface area (Å²) in [6, 6.07) is 0.636.